The van der Waals surface area contributed by atoms with Crippen LogP contribution in [0.4, 0.5) is 0 Å². The quantitative estimate of drug-likeness (QED) is 0.858. The van der Waals surface area contributed by atoms with Gasteiger partial charge >= 0.3 is 0 Å². The topological polar surface area (TPSA) is 21.3 Å². The maximum Gasteiger partial charge on any atom is 0.127 e. The molecule has 1 N–H and O–H groups in total. The molecule has 1 atom stereocenters. The SMILES string of the molecule is CC(CNC1CC1)COc1ccc(Cl)c2ccccc12. The summed E-state index contributed by atoms with van der Waals surface area (Å²) in [5.41, 5.74) is 0. The van der Waals surface area contributed by atoms with E-state index < -0.39 is 0 Å². The van der Waals surface area contributed by atoms with Crippen molar-refractivity contribution in [3.05, 3.63) is 41.4 Å². The molecule has 20 heavy (non-hydrogen) atoms. The summed E-state index contributed by atoms with van der Waals surface area (Å²) in [6, 6.07) is 12.7. The summed E-state index contributed by atoms with van der Waals surface area (Å²) in [6.45, 7) is 3.97. The van der Waals surface area contributed by atoms with Crippen LogP contribution in [0.3, 0.4) is 0 Å². The van der Waals surface area contributed by atoms with Gasteiger partial charge in [0.25, 0.3) is 0 Å². The van der Waals surface area contributed by atoms with E-state index in [9.17, 15) is 0 Å². The molecule has 106 valence electrons. The van der Waals surface area contributed by atoms with Gasteiger partial charge < -0.3 is 10.1 Å². The normalized spacial score (nSPS) is 16.3. The monoisotopic (exact) mass is 289 g/mol. The molecular weight excluding hydrogens is 270 g/mol. The molecule has 0 heterocycles. The highest BCUT2D eigenvalue weighted by atomic mass is 35.5. The smallest absolute Gasteiger partial charge is 0.127 e. The number of nitrogens with one attached hydrogen (secondary N) is 1. The van der Waals surface area contributed by atoms with Crippen LogP contribution in [-0.2, 0) is 0 Å². The molecule has 1 fully saturated rings. The van der Waals surface area contributed by atoms with Crippen LogP contribution < -0.4 is 10.1 Å². The molecule has 0 amide bonds. The second-order valence-corrected chi connectivity index (χ2v) is 6.10. The van der Waals surface area contributed by atoms with Gasteiger partial charge in [-0.05, 0) is 25.0 Å². The number of benzene rings is 2. The van der Waals surface area contributed by atoms with Gasteiger partial charge in [-0.1, -0.05) is 42.8 Å². The predicted molar refractivity (Wildman–Crippen MR) is 84.6 cm³/mol. The van der Waals surface area contributed by atoms with Gasteiger partial charge in [0.15, 0.2) is 0 Å². The molecule has 3 heteroatoms. The van der Waals surface area contributed by atoms with Crippen molar-refractivity contribution in [1.29, 1.82) is 0 Å². The third-order valence-corrected chi connectivity index (χ3v) is 4.02. The molecule has 0 bridgehead atoms. The Hall–Kier alpha value is -1.25. The second kappa shape index (κ2) is 6.02. The summed E-state index contributed by atoms with van der Waals surface area (Å²) in [7, 11) is 0. The third-order valence-electron chi connectivity index (χ3n) is 3.69. The van der Waals surface area contributed by atoms with E-state index in [1.54, 1.807) is 0 Å². The lowest BCUT2D eigenvalue weighted by molar-refractivity contribution is 0.258. The Kier molecular flexibility index (Phi) is 4.13. The molecule has 2 nitrogen and oxygen atoms in total. The lowest BCUT2D eigenvalue weighted by atomic mass is 10.1. The zero-order chi connectivity index (χ0) is 13.9. The summed E-state index contributed by atoms with van der Waals surface area (Å²) in [4.78, 5) is 0. The van der Waals surface area contributed by atoms with Crippen molar-refractivity contribution in [2.24, 2.45) is 5.92 Å². The maximum absolute atomic E-state index is 6.22. The molecule has 1 aliphatic rings. The number of ether oxygens (including phenoxy) is 1. The summed E-state index contributed by atoms with van der Waals surface area (Å²) < 4.78 is 5.99. The van der Waals surface area contributed by atoms with Crippen molar-refractivity contribution in [2.75, 3.05) is 13.2 Å². The Bertz CT molecular complexity index is 595. The minimum absolute atomic E-state index is 0.505. The van der Waals surface area contributed by atoms with Crippen LogP contribution >= 0.6 is 11.6 Å². The van der Waals surface area contributed by atoms with Crippen LogP contribution in [0.2, 0.25) is 5.02 Å². The first kappa shape index (κ1) is 13.7. The molecule has 0 aliphatic heterocycles. The molecule has 1 saturated carbocycles. The summed E-state index contributed by atoms with van der Waals surface area (Å²) in [5.74, 6) is 1.42. The molecule has 1 aliphatic carbocycles. The molecule has 0 aromatic heterocycles. The molecule has 0 radical (unpaired) electrons. The van der Waals surface area contributed by atoms with Crippen molar-refractivity contribution in [3.8, 4) is 5.75 Å². The van der Waals surface area contributed by atoms with Gasteiger partial charge in [-0.2, -0.15) is 0 Å². The van der Waals surface area contributed by atoms with Gasteiger partial charge in [0.05, 0.1) is 6.61 Å². The number of rotatable bonds is 6. The minimum Gasteiger partial charge on any atom is -0.493 e. The molecule has 0 saturated heterocycles. The summed E-state index contributed by atoms with van der Waals surface area (Å²) in [6.07, 6.45) is 2.66. The Balaban J connectivity index is 1.66. The van der Waals surface area contributed by atoms with Gasteiger partial charge in [0.2, 0.25) is 0 Å². The average Bonchev–Trinajstić information content (AvgIpc) is 3.29. The van der Waals surface area contributed by atoms with E-state index in [-0.39, 0.29) is 0 Å². The van der Waals surface area contributed by atoms with E-state index in [1.165, 1.54) is 12.8 Å². The lowest BCUT2D eigenvalue weighted by Gasteiger charge is -2.15. The molecule has 0 spiro atoms. The van der Waals surface area contributed by atoms with Gasteiger partial charge in [-0.3, -0.25) is 0 Å². The van der Waals surface area contributed by atoms with E-state index >= 15 is 0 Å². The number of hydrogen-bond acceptors (Lipinski definition) is 2. The highest BCUT2D eigenvalue weighted by Crippen LogP contribution is 2.31. The van der Waals surface area contributed by atoms with Gasteiger partial charge in [-0.15, -0.1) is 0 Å². The van der Waals surface area contributed by atoms with E-state index in [0.717, 1.165) is 40.7 Å². The summed E-state index contributed by atoms with van der Waals surface area (Å²) >= 11 is 6.22. The van der Waals surface area contributed by atoms with E-state index in [4.69, 9.17) is 16.3 Å². The van der Waals surface area contributed by atoms with Crippen LogP contribution in [-0.4, -0.2) is 19.2 Å². The van der Waals surface area contributed by atoms with Crippen molar-refractivity contribution in [2.45, 2.75) is 25.8 Å². The van der Waals surface area contributed by atoms with Crippen LogP contribution in [0, 0.1) is 5.92 Å². The fraction of sp³-hybridized carbons (Fsp3) is 0.412. The van der Waals surface area contributed by atoms with Gasteiger partial charge in [0, 0.05) is 34.3 Å². The summed E-state index contributed by atoms with van der Waals surface area (Å²) in [5, 5.41) is 6.45. The molecule has 2 aromatic carbocycles. The third kappa shape index (κ3) is 3.25. The highest BCUT2D eigenvalue weighted by molar-refractivity contribution is 6.35. The Labute approximate surface area is 125 Å². The highest BCUT2D eigenvalue weighted by Gasteiger charge is 2.20. The first-order valence-electron chi connectivity index (χ1n) is 7.27. The largest absolute Gasteiger partial charge is 0.493 e. The molecule has 3 rings (SSSR count). The Morgan fingerprint density at radius 3 is 2.70 bits per heavy atom. The lowest BCUT2D eigenvalue weighted by Crippen LogP contribution is -2.26. The Morgan fingerprint density at radius 2 is 1.95 bits per heavy atom. The first-order chi connectivity index (χ1) is 9.74. The van der Waals surface area contributed by atoms with Crippen LogP contribution in [0.1, 0.15) is 19.8 Å². The average molecular weight is 290 g/mol. The van der Waals surface area contributed by atoms with Crippen molar-refractivity contribution < 1.29 is 4.74 Å². The van der Waals surface area contributed by atoms with Crippen molar-refractivity contribution in [3.63, 3.8) is 0 Å². The zero-order valence-electron chi connectivity index (χ0n) is 11.7. The first-order valence-corrected chi connectivity index (χ1v) is 7.65. The molecule has 2 aromatic rings. The van der Waals surface area contributed by atoms with Crippen molar-refractivity contribution in [1.82, 2.24) is 5.32 Å². The van der Waals surface area contributed by atoms with E-state index in [0.29, 0.717) is 5.92 Å². The zero-order valence-corrected chi connectivity index (χ0v) is 12.5. The second-order valence-electron chi connectivity index (χ2n) is 5.69. The predicted octanol–water partition coefficient (Wildman–Crippen LogP) is 4.26. The number of fused-ring (bicyclic) bond motifs is 1. The van der Waals surface area contributed by atoms with E-state index in [1.807, 2.05) is 30.3 Å². The maximum atomic E-state index is 6.22. The number of hydrogen-bond donors (Lipinski definition) is 1. The molecule has 1 unspecified atom stereocenters. The fourth-order valence-electron chi connectivity index (χ4n) is 2.31. The van der Waals surface area contributed by atoms with Gasteiger partial charge in [-0.25, -0.2) is 0 Å². The standard InChI is InChI=1S/C17H20ClNO/c1-12(10-19-13-6-7-13)11-20-17-9-8-16(18)14-4-2-3-5-15(14)17/h2-5,8-9,12-13,19H,6-7,10-11H2,1H3. The van der Waals surface area contributed by atoms with Crippen LogP contribution in [0.25, 0.3) is 10.8 Å². The molecular formula is C17H20ClNO. The van der Waals surface area contributed by atoms with Crippen LogP contribution in [0.15, 0.2) is 36.4 Å². The fourth-order valence-corrected chi connectivity index (χ4v) is 2.53. The number of halogens is 1. The van der Waals surface area contributed by atoms with Crippen molar-refractivity contribution >= 4 is 22.4 Å². The van der Waals surface area contributed by atoms with E-state index in [2.05, 4.69) is 18.3 Å². The minimum atomic E-state index is 0.505. The van der Waals surface area contributed by atoms with Gasteiger partial charge in [0.1, 0.15) is 5.75 Å². The van der Waals surface area contributed by atoms with Crippen LogP contribution in [0.5, 0.6) is 5.75 Å². The Morgan fingerprint density at radius 1 is 1.20 bits per heavy atom.